The molecule has 0 saturated heterocycles. The second-order valence-electron chi connectivity index (χ2n) is 4.08. The lowest BCUT2D eigenvalue weighted by Crippen LogP contribution is -2.13. The maximum absolute atomic E-state index is 11.6. The molecule has 1 unspecified atom stereocenters. The van der Waals surface area contributed by atoms with Crippen molar-refractivity contribution in [3.8, 4) is 0 Å². The average molecular weight is 277 g/mol. The average Bonchev–Trinajstić information content (AvgIpc) is 2.85. The molecule has 0 spiro atoms. The van der Waals surface area contributed by atoms with E-state index < -0.39 is 5.97 Å². The van der Waals surface area contributed by atoms with E-state index in [-0.39, 0.29) is 6.04 Å². The molecule has 0 aromatic carbocycles. The fourth-order valence-electron chi connectivity index (χ4n) is 1.63. The third kappa shape index (κ3) is 3.08. The first-order valence-corrected chi connectivity index (χ1v) is 6.71. The Kier molecular flexibility index (Phi) is 4.11. The minimum atomic E-state index is -0.405. The molecule has 0 saturated carbocycles. The molecule has 0 aliphatic carbocycles. The van der Waals surface area contributed by atoms with E-state index in [1.165, 1.54) is 7.11 Å². The topological polar surface area (TPSA) is 64.1 Å². The van der Waals surface area contributed by atoms with E-state index in [0.29, 0.717) is 11.4 Å². The van der Waals surface area contributed by atoms with Crippen LogP contribution in [-0.4, -0.2) is 23.0 Å². The molecule has 1 N–H and O–H groups in total. The second kappa shape index (κ2) is 5.79. The minimum absolute atomic E-state index is 0.0167. The molecule has 0 amide bonds. The Balaban J connectivity index is 2.21. The summed E-state index contributed by atoms with van der Waals surface area (Å²) in [6, 6.07) is 3.37. The lowest BCUT2D eigenvalue weighted by atomic mass is 10.2. The zero-order valence-electron chi connectivity index (χ0n) is 11.0. The van der Waals surface area contributed by atoms with E-state index in [1.807, 2.05) is 19.2 Å². The molecule has 0 fully saturated rings. The first-order valence-electron chi connectivity index (χ1n) is 5.83. The van der Waals surface area contributed by atoms with Crippen molar-refractivity contribution in [3.05, 3.63) is 40.0 Å². The molecular formula is C13H15N3O2S. The Bertz CT molecular complexity index is 583. The van der Waals surface area contributed by atoms with Crippen LogP contribution in [0.4, 0.5) is 5.82 Å². The fraction of sp³-hybridized carbons (Fsp3) is 0.308. The summed E-state index contributed by atoms with van der Waals surface area (Å²) in [6.45, 7) is 3.93. The van der Waals surface area contributed by atoms with Crippen molar-refractivity contribution in [2.75, 3.05) is 12.4 Å². The van der Waals surface area contributed by atoms with Crippen molar-refractivity contribution in [3.63, 3.8) is 0 Å². The van der Waals surface area contributed by atoms with Crippen LogP contribution in [-0.2, 0) is 4.74 Å². The largest absolute Gasteiger partial charge is 0.465 e. The first-order chi connectivity index (χ1) is 9.11. The van der Waals surface area contributed by atoms with Crippen molar-refractivity contribution in [1.82, 2.24) is 9.97 Å². The third-order valence-electron chi connectivity index (χ3n) is 2.57. The lowest BCUT2D eigenvalue weighted by molar-refractivity contribution is 0.0601. The number of carbonyl (C=O) groups excluding carboxylic acids is 1. The van der Waals surface area contributed by atoms with E-state index in [2.05, 4.69) is 15.3 Å². The van der Waals surface area contributed by atoms with Gasteiger partial charge in [0, 0.05) is 17.3 Å². The number of carbonyl (C=O) groups is 1. The molecular weight excluding hydrogens is 262 g/mol. The van der Waals surface area contributed by atoms with Crippen molar-refractivity contribution in [1.29, 1.82) is 0 Å². The van der Waals surface area contributed by atoms with Crippen LogP contribution in [0.5, 0.6) is 0 Å². The molecule has 2 heterocycles. The molecule has 6 heteroatoms. The van der Waals surface area contributed by atoms with Crippen LogP contribution >= 0.6 is 11.3 Å². The van der Waals surface area contributed by atoms with Crippen LogP contribution in [0.25, 0.3) is 0 Å². The quantitative estimate of drug-likeness (QED) is 0.871. The number of hydrogen-bond donors (Lipinski definition) is 1. The molecule has 2 rings (SSSR count). The molecule has 0 aliphatic heterocycles. The van der Waals surface area contributed by atoms with Gasteiger partial charge in [-0.3, -0.25) is 0 Å². The Labute approximate surface area is 115 Å². The Morgan fingerprint density at radius 3 is 2.95 bits per heavy atom. The molecule has 100 valence electrons. The van der Waals surface area contributed by atoms with Gasteiger partial charge in [0.05, 0.1) is 13.2 Å². The number of aromatic nitrogens is 2. The van der Waals surface area contributed by atoms with Crippen LogP contribution in [0, 0.1) is 6.92 Å². The van der Waals surface area contributed by atoms with Crippen molar-refractivity contribution >= 4 is 23.1 Å². The monoisotopic (exact) mass is 277 g/mol. The number of thiazole rings is 1. The normalized spacial score (nSPS) is 11.9. The molecule has 5 nitrogen and oxygen atoms in total. The Hall–Kier alpha value is -1.95. The highest BCUT2D eigenvalue weighted by atomic mass is 32.1. The SMILES string of the molecule is COC(=O)c1cccnc1NC(C)c1nc(C)cs1. The van der Waals surface area contributed by atoms with E-state index >= 15 is 0 Å². The van der Waals surface area contributed by atoms with E-state index in [1.54, 1.807) is 29.7 Å². The molecule has 19 heavy (non-hydrogen) atoms. The number of nitrogens with one attached hydrogen (secondary N) is 1. The molecule has 1 atom stereocenters. The van der Waals surface area contributed by atoms with Gasteiger partial charge in [-0.05, 0) is 26.0 Å². The van der Waals surface area contributed by atoms with Gasteiger partial charge in [0.2, 0.25) is 0 Å². The van der Waals surface area contributed by atoms with E-state index in [4.69, 9.17) is 4.74 Å². The van der Waals surface area contributed by atoms with Gasteiger partial charge in [-0.1, -0.05) is 0 Å². The van der Waals surface area contributed by atoms with Crippen LogP contribution in [0.1, 0.15) is 34.0 Å². The molecule has 2 aromatic heterocycles. The van der Waals surface area contributed by atoms with Gasteiger partial charge >= 0.3 is 5.97 Å². The first kappa shape index (κ1) is 13.5. The van der Waals surface area contributed by atoms with Gasteiger partial charge in [0.15, 0.2) is 0 Å². The summed E-state index contributed by atoms with van der Waals surface area (Å²) in [7, 11) is 1.35. The van der Waals surface area contributed by atoms with Gasteiger partial charge < -0.3 is 10.1 Å². The smallest absolute Gasteiger partial charge is 0.341 e. The number of ether oxygens (including phenoxy) is 1. The van der Waals surface area contributed by atoms with Crippen LogP contribution in [0.15, 0.2) is 23.7 Å². The van der Waals surface area contributed by atoms with Crippen LogP contribution < -0.4 is 5.32 Å². The minimum Gasteiger partial charge on any atom is -0.465 e. The number of pyridine rings is 1. The van der Waals surface area contributed by atoms with Crippen molar-refractivity contribution in [2.45, 2.75) is 19.9 Å². The number of anilines is 1. The van der Waals surface area contributed by atoms with Crippen LogP contribution in [0.2, 0.25) is 0 Å². The lowest BCUT2D eigenvalue weighted by Gasteiger charge is -2.14. The Morgan fingerprint density at radius 2 is 2.32 bits per heavy atom. The maximum Gasteiger partial charge on any atom is 0.341 e. The fourth-order valence-corrected chi connectivity index (χ4v) is 2.44. The van der Waals surface area contributed by atoms with Gasteiger partial charge in [-0.15, -0.1) is 11.3 Å². The maximum atomic E-state index is 11.6. The highest BCUT2D eigenvalue weighted by Crippen LogP contribution is 2.23. The summed E-state index contributed by atoms with van der Waals surface area (Å²) in [5.41, 5.74) is 1.41. The summed E-state index contributed by atoms with van der Waals surface area (Å²) >= 11 is 1.58. The summed E-state index contributed by atoms with van der Waals surface area (Å²) in [4.78, 5) is 20.2. The zero-order chi connectivity index (χ0) is 13.8. The highest BCUT2D eigenvalue weighted by Gasteiger charge is 2.16. The molecule has 2 aromatic rings. The molecule has 0 bridgehead atoms. The predicted octanol–water partition coefficient (Wildman–Crippen LogP) is 2.81. The predicted molar refractivity (Wildman–Crippen MR) is 74.5 cm³/mol. The molecule has 0 radical (unpaired) electrons. The summed E-state index contributed by atoms with van der Waals surface area (Å²) in [6.07, 6.45) is 1.63. The zero-order valence-corrected chi connectivity index (χ0v) is 11.8. The van der Waals surface area contributed by atoms with Gasteiger partial charge in [0.1, 0.15) is 16.4 Å². The second-order valence-corrected chi connectivity index (χ2v) is 4.97. The van der Waals surface area contributed by atoms with Gasteiger partial charge in [-0.2, -0.15) is 0 Å². The van der Waals surface area contributed by atoms with Gasteiger partial charge in [-0.25, -0.2) is 14.8 Å². The summed E-state index contributed by atoms with van der Waals surface area (Å²) in [5.74, 6) is 0.104. The number of methoxy groups -OCH3 is 1. The highest BCUT2D eigenvalue weighted by molar-refractivity contribution is 7.09. The third-order valence-corrected chi connectivity index (χ3v) is 3.72. The summed E-state index contributed by atoms with van der Waals surface area (Å²) in [5, 5.41) is 6.14. The number of hydrogen-bond acceptors (Lipinski definition) is 6. The van der Waals surface area contributed by atoms with Crippen molar-refractivity contribution < 1.29 is 9.53 Å². The Morgan fingerprint density at radius 1 is 1.53 bits per heavy atom. The molecule has 0 aliphatic rings. The number of rotatable bonds is 4. The van der Waals surface area contributed by atoms with Crippen molar-refractivity contribution in [2.24, 2.45) is 0 Å². The number of aryl methyl sites for hydroxylation is 1. The van der Waals surface area contributed by atoms with E-state index in [0.717, 1.165) is 10.7 Å². The standard InChI is InChI=1S/C13H15N3O2S/c1-8-7-19-12(15-8)9(2)16-11-10(13(17)18-3)5-4-6-14-11/h4-7,9H,1-3H3,(H,14,16). The number of nitrogens with zero attached hydrogens (tertiary/aromatic N) is 2. The number of esters is 1. The van der Waals surface area contributed by atoms with Gasteiger partial charge in [0.25, 0.3) is 0 Å². The van der Waals surface area contributed by atoms with Crippen LogP contribution in [0.3, 0.4) is 0 Å². The summed E-state index contributed by atoms with van der Waals surface area (Å²) < 4.78 is 4.74. The van der Waals surface area contributed by atoms with E-state index in [9.17, 15) is 4.79 Å².